The maximum Gasteiger partial charge on any atom is 0.123 e. The van der Waals surface area contributed by atoms with Gasteiger partial charge in [0, 0.05) is 0 Å². The zero-order valence-corrected chi connectivity index (χ0v) is 16.9. The van der Waals surface area contributed by atoms with Crippen LogP contribution in [0.25, 0.3) is 0 Å². The predicted molar refractivity (Wildman–Crippen MR) is 96.3 cm³/mol. The van der Waals surface area contributed by atoms with Gasteiger partial charge in [-0.25, -0.2) is 19.6 Å². The Balaban J connectivity index is 3.13. The second-order valence-corrected chi connectivity index (χ2v) is 9.06. The van der Waals surface area contributed by atoms with Crippen LogP contribution < -0.4 is 0 Å². The fraction of sp³-hybridized carbons (Fsp3) is 0.700. The quantitative estimate of drug-likeness (QED) is 0.496. The predicted octanol–water partition coefficient (Wildman–Crippen LogP) is 5.65. The molecule has 0 aromatic heterocycles. The first kappa shape index (κ1) is 19.4. The van der Waals surface area contributed by atoms with Crippen LogP contribution in [0, 0.1) is 0 Å². The van der Waals surface area contributed by atoms with Crippen molar-refractivity contribution in [3.8, 4) is 0 Å². The normalized spacial score (nSPS) is 14.7. The molecule has 0 aliphatic rings. The number of rotatable bonds is 6. The molecule has 0 heterocycles. The first-order valence-electron chi connectivity index (χ1n) is 8.89. The average Bonchev–Trinajstić information content (AvgIpc) is 2.42. The molecule has 0 saturated carbocycles. The van der Waals surface area contributed by atoms with Gasteiger partial charge in [0.05, 0.1) is 12.6 Å². The van der Waals surface area contributed by atoms with E-state index in [1.807, 2.05) is 87.4 Å². The van der Waals surface area contributed by atoms with Gasteiger partial charge < -0.3 is 0 Å². The van der Waals surface area contributed by atoms with E-state index in [0.717, 1.165) is 11.1 Å². The summed E-state index contributed by atoms with van der Waals surface area (Å²) < 4.78 is 8.66. The summed E-state index contributed by atoms with van der Waals surface area (Å²) in [5.41, 5.74) is -0.966. The van der Waals surface area contributed by atoms with Gasteiger partial charge >= 0.3 is 0 Å². The summed E-state index contributed by atoms with van der Waals surface area (Å²) in [5, 5.41) is 0. The molecule has 0 radical (unpaired) electrons. The molecule has 1 aromatic carbocycles. The fourth-order valence-corrected chi connectivity index (χ4v) is 1.72. The zero-order valence-electron chi connectivity index (χ0n) is 17.9. The molecule has 1 rings (SSSR count). The van der Waals surface area contributed by atoms with Crippen molar-refractivity contribution < 1.29 is 20.9 Å². The Morgan fingerprint density at radius 1 is 0.625 bits per heavy atom. The van der Waals surface area contributed by atoms with E-state index in [4.69, 9.17) is 20.9 Å². The molecule has 4 nitrogen and oxygen atoms in total. The van der Waals surface area contributed by atoms with Crippen LogP contribution in [0.1, 0.15) is 81.7 Å². The third kappa shape index (κ3) is 6.89. The first-order valence-corrected chi connectivity index (χ1v) is 8.39. The molecule has 0 atom stereocenters. The highest BCUT2D eigenvalue weighted by molar-refractivity contribution is 5.30. The first-order chi connectivity index (χ1) is 11.1. The lowest BCUT2D eigenvalue weighted by molar-refractivity contribution is -0.403. The van der Waals surface area contributed by atoms with Gasteiger partial charge in [0.15, 0.2) is 0 Å². The van der Waals surface area contributed by atoms with Gasteiger partial charge in [-0.05, 0) is 86.4 Å². The van der Waals surface area contributed by atoms with Crippen LogP contribution in [0.4, 0.5) is 0 Å². The molecular weight excluding hydrogens is 304 g/mol. The molecule has 0 N–H and O–H groups in total. The molecule has 0 spiro atoms. The second-order valence-electron chi connectivity index (χ2n) is 9.06. The van der Waals surface area contributed by atoms with Gasteiger partial charge in [0.25, 0.3) is 0 Å². The van der Waals surface area contributed by atoms with E-state index in [2.05, 4.69) is 0 Å². The Hall–Kier alpha value is -0.940. The maximum absolute atomic E-state index is 8.66. The van der Waals surface area contributed by atoms with Gasteiger partial charge in [-0.3, -0.25) is 0 Å². The minimum Gasteiger partial charge on any atom is -0.230 e. The van der Waals surface area contributed by atoms with Crippen molar-refractivity contribution in [3.05, 3.63) is 35.4 Å². The van der Waals surface area contributed by atoms with Crippen LogP contribution in [-0.4, -0.2) is 11.2 Å². The summed E-state index contributed by atoms with van der Waals surface area (Å²) in [7, 11) is 0. The minimum atomic E-state index is -0.776. The van der Waals surface area contributed by atoms with E-state index in [1.165, 1.54) is 0 Å². The van der Waals surface area contributed by atoms with Crippen LogP contribution in [0.5, 0.6) is 0 Å². The summed E-state index contributed by atoms with van der Waals surface area (Å²) in [5.74, 6) is 0. The van der Waals surface area contributed by atoms with E-state index in [1.54, 1.807) is 0 Å². The smallest absolute Gasteiger partial charge is 0.123 e. The van der Waals surface area contributed by atoms with E-state index in [-0.39, 0.29) is 0 Å². The molecular formula is C20H34O4. The Morgan fingerprint density at radius 3 is 1.25 bits per heavy atom. The molecule has 24 heavy (non-hydrogen) atoms. The van der Waals surface area contributed by atoms with Gasteiger partial charge in [-0.15, -0.1) is 0 Å². The number of hydrogen-bond donors (Lipinski definition) is 0. The SMILES string of the molecule is [2H]c1c(C(C)(C)OOC(C)(C)C)cccc1C(C)(C)OOC(C)(C)C. The van der Waals surface area contributed by atoms with Crippen molar-refractivity contribution in [2.45, 2.75) is 91.6 Å². The van der Waals surface area contributed by atoms with Crippen molar-refractivity contribution in [3.63, 3.8) is 0 Å². The van der Waals surface area contributed by atoms with Gasteiger partial charge in [-0.2, -0.15) is 0 Å². The van der Waals surface area contributed by atoms with Gasteiger partial charge in [0.1, 0.15) is 11.2 Å². The summed E-state index contributed by atoms with van der Waals surface area (Å²) in [4.78, 5) is 22.3. The van der Waals surface area contributed by atoms with Gasteiger partial charge in [0.2, 0.25) is 0 Å². The standard InChI is InChI=1S/C20H34O4/c1-17(2,3)21-23-19(7,8)15-12-11-13-16(14-15)20(9,10)24-22-18(4,5)6/h11-14H,1-10H3/i14D. The summed E-state index contributed by atoms with van der Waals surface area (Å²) >= 11 is 0. The van der Waals surface area contributed by atoms with E-state index < -0.39 is 22.4 Å². The highest BCUT2D eigenvalue weighted by Gasteiger charge is 2.30. The monoisotopic (exact) mass is 339 g/mol. The van der Waals surface area contributed by atoms with Crippen LogP contribution in [-0.2, 0) is 30.8 Å². The Bertz CT molecular complexity index is 532. The molecule has 0 saturated heterocycles. The van der Waals surface area contributed by atoms with Crippen molar-refractivity contribution in [2.24, 2.45) is 0 Å². The lowest BCUT2D eigenvalue weighted by Gasteiger charge is -2.32. The average molecular weight is 339 g/mol. The van der Waals surface area contributed by atoms with Crippen molar-refractivity contribution in [1.82, 2.24) is 0 Å². The third-order valence-electron chi connectivity index (χ3n) is 3.09. The third-order valence-corrected chi connectivity index (χ3v) is 3.09. The van der Waals surface area contributed by atoms with Crippen LogP contribution >= 0.6 is 0 Å². The molecule has 1 aromatic rings. The summed E-state index contributed by atoms with van der Waals surface area (Å²) in [6.07, 6.45) is 0. The van der Waals surface area contributed by atoms with E-state index in [9.17, 15) is 0 Å². The highest BCUT2D eigenvalue weighted by Crippen LogP contribution is 2.32. The van der Waals surface area contributed by atoms with Crippen molar-refractivity contribution >= 4 is 0 Å². The molecule has 0 amide bonds. The van der Waals surface area contributed by atoms with Crippen LogP contribution in [0.2, 0.25) is 0 Å². The lowest BCUT2D eigenvalue weighted by atomic mass is 9.91. The summed E-state index contributed by atoms with van der Waals surface area (Å²) in [6.45, 7) is 19.0. The Kier molecular flexibility index (Phi) is 5.75. The largest absolute Gasteiger partial charge is 0.230 e. The molecule has 0 aliphatic heterocycles. The molecule has 138 valence electrons. The van der Waals surface area contributed by atoms with Gasteiger partial charge in [-0.1, -0.05) is 18.2 Å². The number of hydrogen-bond acceptors (Lipinski definition) is 4. The molecule has 0 fully saturated rings. The Labute approximate surface area is 148 Å². The van der Waals surface area contributed by atoms with Crippen molar-refractivity contribution in [1.29, 1.82) is 0 Å². The van der Waals surface area contributed by atoms with E-state index >= 15 is 0 Å². The second kappa shape index (κ2) is 7.12. The Morgan fingerprint density at radius 2 is 0.958 bits per heavy atom. The summed E-state index contributed by atoms with van der Waals surface area (Å²) in [6, 6.07) is 6.00. The molecule has 4 heteroatoms. The van der Waals surface area contributed by atoms with E-state index in [0.29, 0.717) is 6.04 Å². The van der Waals surface area contributed by atoms with Crippen molar-refractivity contribution in [2.75, 3.05) is 0 Å². The molecule has 0 aliphatic carbocycles. The minimum absolute atomic E-state index is 0.354. The van der Waals surface area contributed by atoms with Crippen LogP contribution in [0.3, 0.4) is 0 Å². The molecule has 0 unspecified atom stereocenters. The maximum atomic E-state index is 8.66. The van der Waals surface area contributed by atoms with Crippen LogP contribution in [0.15, 0.2) is 24.2 Å². The topological polar surface area (TPSA) is 36.9 Å². The lowest BCUT2D eigenvalue weighted by Crippen LogP contribution is -2.31. The fourth-order valence-electron chi connectivity index (χ4n) is 1.72. The zero-order chi connectivity index (χ0) is 19.7. The highest BCUT2D eigenvalue weighted by atomic mass is 17.2. The molecule has 0 bridgehead atoms. The number of benzene rings is 1.